The van der Waals surface area contributed by atoms with Gasteiger partial charge in [0.15, 0.2) is 0 Å². The highest BCUT2D eigenvalue weighted by Crippen LogP contribution is 2.35. The number of benzene rings is 2. The molecule has 0 saturated carbocycles. The van der Waals surface area contributed by atoms with Gasteiger partial charge in [-0.25, -0.2) is 0 Å². The van der Waals surface area contributed by atoms with Gasteiger partial charge in [-0.05, 0) is 49.2 Å². The number of rotatable bonds is 3. The van der Waals surface area contributed by atoms with Crippen LogP contribution < -0.4 is 16.3 Å². The maximum Gasteiger partial charge on any atom is 0.265 e. The molecule has 0 bridgehead atoms. The number of nitrogens with two attached hydrogens (primary N) is 1. The van der Waals surface area contributed by atoms with Crippen LogP contribution in [0, 0.1) is 13.8 Å². The number of halogens is 1. The standard InChI is InChI=1S/C17H16ClN2O2P/c1-9-3-5-12(7-10(9)2)23(22)16-13-8-11(18)4-6-14(13)20-15(16)17(19)21/h3-8,20,22H,1-2H3,(H2,19,21). The van der Waals surface area contributed by atoms with E-state index in [0.29, 0.717) is 10.3 Å². The average Bonchev–Trinajstić information content (AvgIpc) is 2.88. The Labute approximate surface area is 140 Å². The summed E-state index contributed by atoms with van der Waals surface area (Å²) in [6, 6.07) is 11.0. The molecule has 0 aliphatic rings. The lowest BCUT2D eigenvalue weighted by molar-refractivity contribution is 0.0997. The van der Waals surface area contributed by atoms with E-state index in [0.717, 1.165) is 27.3 Å². The summed E-state index contributed by atoms with van der Waals surface area (Å²) in [7, 11) is -1.72. The largest absolute Gasteiger partial charge is 0.364 e. The van der Waals surface area contributed by atoms with Crippen LogP contribution in [-0.4, -0.2) is 15.8 Å². The van der Waals surface area contributed by atoms with Crippen LogP contribution in [-0.2, 0) is 0 Å². The maximum atomic E-state index is 11.8. The number of hydrogen-bond acceptors (Lipinski definition) is 2. The van der Waals surface area contributed by atoms with Crippen LogP contribution in [0.1, 0.15) is 21.6 Å². The van der Waals surface area contributed by atoms with Crippen molar-refractivity contribution in [1.29, 1.82) is 0 Å². The van der Waals surface area contributed by atoms with E-state index in [1.165, 1.54) is 0 Å². The van der Waals surface area contributed by atoms with Crippen molar-refractivity contribution in [3.05, 3.63) is 58.2 Å². The van der Waals surface area contributed by atoms with Gasteiger partial charge >= 0.3 is 0 Å². The molecule has 0 saturated heterocycles. The van der Waals surface area contributed by atoms with E-state index < -0.39 is 14.1 Å². The Morgan fingerprint density at radius 3 is 2.57 bits per heavy atom. The molecule has 3 aromatic rings. The second-order valence-corrected chi connectivity index (χ2v) is 7.51. The van der Waals surface area contributed by atoms with Gasteiger partial charge in [-0.1, -0.05) is 23.7 Å². The lowest BCUT2D eigenvalue weighted by Gasteiger charge is -2.13. The first-order chi connectivity index (χ1) is 10.9. The molecular formula is C17H16ClN2O2P. The van der Waals surface area contributed by atoms with E-state index in [1.54, 1.807) is 18.2 Å². The number of amides is 1. The summed E-state index contributed by atoms with van der Waals surface area (Å²) in [5.74, 6) is -0.599. The van der Waals surface area contributed by atoms with Crippen LogP contribution in [0.3, 0.4) is 0 Å². The smallest absolute Gasteiger partial charge is 0.265 e. The fourth-order valence-electron chi connectivity index (χ4n) is 2.53. The molecule has 3 rings (SSSR count). The van der Waals surface area contributed by atoms with Crippen molar-refractivity contribution in [3.8, 4) is 0 Å². The van der Waals surface area contributed by atoms with Crippen LogP contribution in [0.5, 0.6) is 0 Å². The van der Waals surface area contributed by atoms with Crippen LogP contribution in [0.2, 0.25) is 5.02 Å². The molecular weight excluding hydrogens is 331 g/mol. The number of hydrogen-bond donors (Lipinski definition) is 3. The summed E-state index contributed by atoms with van der Waals surface area (Å²) in [5, 5.41) is 2.55. The van der Waals surface area contributed by atoms with Gasteiger partial charge < -0.3 is 15.6 Å². The van der Waals surface area contributed by atoms with E-state index in [9.17, 15) is 9.69 Å². The first-order valence-corrected chi connectivity index (χ1v) is 8.73. The minimum absolute atomic E-state index is 0.231. The SMILES string of the molecule is Cc1ccc(P(O)c2c(C(N)=O)[nH]c3ccc(Cl)cc23)cc1C. The third-order valence-electron chi connectivity index (χ3n) is 3.93. The number of H-pyrrole nitrogens is 1. The van der Waals surface area contributed by atoms with Gasteiger partial charge in [0, 0.05) is 26.5 Å². The van der Waals surface area contributed by atoms with Crippen molar-refractivity contribution in [1.82, 2.24) is 4.98 Å². The minimum atomic E-state index is -1.72. The fourth-order valence-corrected chi connectivity index (χ4v) is 4.29. The molecule has 0 aliphatic heterocycles. The average molecular weight is 347 g/mol. The lowest BCUT2D eigenvalue weighted by atomic mass is 10.1. The Bertz CT molecular complexity index is 920. The highest BCUT2D eigenvalue weighted by molar-refractivity contribution is 7.68. The Hall–Kier alpha value is -1.87. The Balaban J connectivity index is 2.24. The van der Waals surface area contributed by atoms with Gasteiger partial charge in [0.25, 0.3) is 5.91 Å². The van der Waals surface area contributed by atoms with Crippen molar-refractivity contribution in [3.63, 3.8) is 0 Å². The molecule has 0 aliphatic carbocycles. The van der Waals surface area contributed by atoms with E-state index in [4.69, 9.17) is 17.3 Å². The number of fused-ring (bicyclic) bond motifs is 1. The van der Waals surface area contributed by atoms with Gasteiger partial charge in [0.1, 0.15) is 5.69 Å². The molecule has 23 heavy (non-hydrogen) atoms. The molecule has 1 amide bonds. The van der Waals surface area contributed by atoms with Gasteiger partial charge in [0.05, 0.1) is 8.15 Å². The van der Waals surface area contributed by atoms with Crippen molar-refractivity contribution in [2.24, 2.45) is 5.73 Å². The molecule has 1 heterocycles. The van der Waals surface area contributed by atoms with Crippen LogP contribution in [0.4, 0.5) is 0 Å². The third kappa shape index (κ3) is 2.86. The van der Waals surface area contributed by atoms with Crippen molar-refractivity contribution < 1.29 is 9.69 Å². The zero-order valence-electron chi connectivity index (χ0n) is 12.7. The monoisotopic (exact) mass is 346 g/mol. The molecule has 6 heteroatoms. The zero-order chi connectivity index (χ0) is 16.7. The molecule has 1 aromatic heterocycles. The first-order valence-electron chi connectivity index (χ1n) is 7.06. The number of aryl methyl sites for hydroxylation is 2. The van der Waals surface area contributed by atoms with Gasteiger partial charge in [-0.3, -0.25) is 4.79 Å². The molecule has 4 N–H and O–H groups in total. The predicted molar refractivity (Wildman–Crippen MR) is 96.1 cm³/mol. The summed E-state index contributed by atoms with van der Waals surface area (Å²) in [4.78, 5) is 25.7. The lowest BCUT2D eigenvalue weighted by Crippen LogP contribution is -2.22. The van der Waals surface area contributed by atoms with Crippen molar-refractivity contribution in [2.45, 2.75) is 13.8 Å². The molecule has 0 spiro atoms. The molecule has 2 aromatic carbocycles. The van der Waals surface area contributed by atoms with Crippen molar-refractivity contribution in [2.75, 3.05) is 0 Å². The molecule has 0 fully saturated rings. The maximum absolute atomic E-state index is 11.8. The number of primary amides is 1. The number of carbonyl (C=O) groups excluding carboxylic acids is 1. The molecule has 0 radical (unpaired) electrons. The Kier molecular flexibility index (Phi) is 4.15. The first kappa shape index (κ1) is 16.0. The Morgan fingerprint density at radius 2 is 1.91 bits per heavy atom. The summed E-state index contributed by atoms with van der Waals surface area (Å²) in [6.45, 7) is 4.00. The van der Waals surface area contributed by atoms with E-state index in [1.807, 2.05) is 32.0 Å². The van der Waals surface area contributed by atoms with Crippen molar-refractivity contribution >= 4 is 47.2 Å². The van der Waals surface area contributed by atoms with Crippen LogP contribution in [0.25, 0.3) is 10.9 Å². The number of carbonyl (C=O) groups is 1. The minimum Gasteiger partial charge on any atom is -0.364 e. The van der Waals surface area contributed by atoms with Gasteiger partial charge in [-0.2, -0.15) is 0 Å². The van der Waals surface area contributed by atoms with Crippen LogP contribution in [0.15, 0.2) is 36.4 Å². The molecule has 1 atom stereocenters. The second kappa shape index (κ2) is 5.97. The molecule has 1 unspecified atom stereocenters. The number of aromatic nitrogens is 1. The number of aromatic amines is 1. The molecule has 118 valence electrons. The Morgan fingerprint density at radius 1 is 1.17 bits per heavy atom. The fraction of sp³-hybridized carbons (Fsp3) is 0.118. The van der Waals surface area contributed by atoms with E-state index >= 15 is 0 Å². The highest BCUT2D eigenvalue weighted by Gasteiger charge is 2.24. The van der Waals surface area contributed by atoms with Crippen LogP contribution >= 0.6 is 19.7 Å². The van der Waals surface area contributed by atoms with Gasteiger partial charge in [-0.15, -0.1) is 0 Å². The second-order valence-electron chi connectivity index (χ2n) is 5.48. The van der Waals surface area contributed by atoms with E-state index in [2.05, 4.69) is 4.98 Å². The zero-order valence-corrected chi connectivity index (χ0v) is 14.4. The number of nitrogens with one attached hydrogen (secondary N) is 1. The normalized spacial score (nSPS) is 12.5. The molecule has 4 nitrogen and oxygen atoms in total. The summed E-state index contributed by atoms with van der Waals surface area (Å²) < 4.78 is 0. The van der Waals surface area contributed by atoms with Gasteiger partial charge in [0.2, 0.25) is 0 Å². The van der Waals surface area contributed by atoms with E-state index in [-0.39, 0.29) is 5.69 Å². The summed E-state index contributed by atoms with van der Waals surface area (Å²) in [6.07, 6.45) is 0. The summed E-state index contributed by atoms with van der Waals surface area (Å²) >= 11 is 6.07. The topological polar surface area (TPSA) is 79.1 Å². The highest BCUT2D eigenvalue weighted by atomic mass is 35.5. The third-order valence-corrected chi connectivity index (χ3v) is 5.82. The predicted octanol–water partition coefficient (Wildman–Crippen LogP) is 2.88. The quantitative estimate of drug-likeness (QED) is 0.637. The summed E-state index contributed by atoms with van der Waals surface area (Å²) in [5.41, 5.74) is 8.67.